The van der Waals surface area contributed by atoms with Gasteiger partial charge in [0.25, 0.3) is 5.78 Å². The highest BCUT2D eigenvalue weighted by atomic mass is 16.2. The summed E-state index contributed by atoms with van der Waals surface area (Å²) >= 11 is 0. The van der Waals surface area contributed by atoms with Crippen molar-refractivity contribution in [1.82, 2.24) is 29.4 Å². The number of aromatic nitrogens is 4. The van der Waals surface area contributed by atoms with Crippen LogP contribution in [0.2, 0.25) is 0 Å². The molecule has 1 amide bonds. The molecule has 134 valence electrons. The molecule has 4 rings (SSSR count). The zero-order chi connectivity index (χ0) is 17.4. The zero-order valence-corrected chi connectivity index (χ0v) is 15.1. The maximum atomic E-state index is 12.6. The fraction of sp³-hybridized carbons (Fsp3) is 0.667. The minimum absolute atomic E-state index is 0.122. The normalized spacial score (nSPS) is 19.8. The smallest absolute Gasteiger partial charge is 0.252 e. The molecule has 7 heteroatoms. The van der Waals surface area contributed by atoms with Gasteiger partial charge < -0.3 is 4.90 Å². The van der Waals surface area contributed by atoms with E-state index in [1.807, 2.05) is 24.8 Å². The Kier molecular flexibility index (Phi) is 4.41. The highest BCUT2D eigenvalue weighted by Gasteiger charge is 2.28. The Hall–Kier alpha value is -2.02. The molecule has 0 radical (unpaired) electrons. The van der Waals surface area contributed by atoms with Crippen LogP contribution in [0.5, 0.6) is 0 Å². The minimum Gasteiger partial charge on any atom is -0.340 e. The fourth-order valence-electron chi connectivity index (χ4n) is 4.14. The standard InChI is InChI=1S/C18H26N6O/c1-13-11-14(2)24-18(19-13)20-16(21-24)12-17(25)23-9-7-22(8-10-23)15-5-3-4-6-15/h11,15H,3-10,12H2,1-2H3. The highest BCUT2D eigenvalue weighted by Crippen LogP contribution is 2.24. The van der Waals surface area contributed by atoms with Gasteiger partial charge in [-0.2, -0.15) is 4.98 Å². The predicted octanol–water partition coefficient (Wildman–Crippen LogP) is 1.37. The van der Waals surface area contributed by atoms with Crippen molar-refractivity contribution in [2.45, 2.75) is 52.0 Å². The third-order valence-corrected chi connectivity index (χ3v) is 5.48. The summed E-state index contributed by atoms with van der Waals surface area (Å²) < 4.78 is 1.72. The first kappa shape index (κ1) is 16.4. The van der Waals surface area contributed by atoms with Gasteiger partial charge in [0, 0.05) is 43.6 Å². The van der Waals surface area contributed by atoms with Gasteiger partial charge in [-0.1, -0.05) is 12.8 Å². The van der Waals surface area contributed by atoms with E-state index in [1.165, 1.54) is 25.7 Å². The summed E-state index contributed by atoms with van der Waals surface area (Å²) in [4.78, 5) is 26.0. The monoisotopic (exact) mass is 342 g/mol. The SMILES string of the molecule is Cc1cc(C)n2nc(CC(=O)N3CCN(C4CCCC4)CC3)nc2n1. The molecule has 7 nitrogen and oxygen atoms in total. The van der Waals surface area contributed by atoms with Crippen molar-refractivity contribution in [1.29, 1.82) is 0 Å². The molecule has 0 spiro atoms. The van der Waals surface area contributed by atoms with E-state index in [2.05, 4.69) is 20.0 Å². The van der Waals surface area contributed by atoms with Gasteiger partial charge in [0.05, 0.1) is 6.42 Å². The molecule has 2 fully saturated rings. The van der Waals surface area contributed by atoms with Crippen molar-refractivity contribution in [3.8, 4) is 0 Å². The lowest BCUT2D eigenvalue weighted by molar-refractivity contribution is -0.132. The van der Waals surface area contributed by atoms with E-state index in [0.29, 0.717) is 11.6 Å². The van der Waals surface area contributed by atoms with E-state index in [0.717, 1.165) is 43.6 Å². The lowest BCUT2D eigenvalue weighted by atomic mass is 10.1. The van der Waals surface area contributed by atoms with Crippen molar-refractivity contribution >= 4 is 11.7 Å². The Morgan fingerprint density at radius 3 is 2.56 bits per heavy atom. The maximum Gasteiger partial charge on any atom is 0.252 e. The summed E-state index contributed by atoms with van der Waals surface area (Å²) in [6.45, 7) is 7.54. The number of hydrogen-bond donors (Lipinski definition) is 0. The van der Waals surface area contributed by atoms with E-state index in [-0.39, 0.29) is 12.3 Å². The van der Waals surface area contributed by atoms with E-state index < -0.39 is 0 Å². The summed E-state index contributed by atoms with van der Waals surface area (Å²) in [5.41, 5.74) is 1.90. The zero-order valence-electron chi connectivity index (χ0n) is 15.1. The second-order valence-electron chi connectivity index (χ2n) is 7.31. The van der Waals surface area contributed by atoms with Gasteiger partial charge in [-0.15, -0.1) is 5.10 Å². The Labute approximate surface area is 148 Å². The average Bonchev–Trinajstić information content (AvgIpc) is 3.24. The van der Waals surface area contributed by atoms with Crippen LogP contribution in [-0.2, 0) is 11.2 Å². The van der Waals surface area contributed by atoms with Gasteiger partial charge in [-0.25, -0.2) is 9.50 Å². The predicted molar refractivity (Wildman–Crippen MR) is 94.4 cm³/mol. The van der Waals surface area contributed by atoms with E-state index in [4.69, 9.17) is 0 Å². The lowest BCUT2D eigenvalue weighted by Gasteiger charge is -2.38. The molecule has 1 saturated heterocycles. The molecule has 0 unspecified atom stereocenters. The minimum atomic E-state index is 0.122. The molecule has 0 aromatic carbocycles. The number of piperazine rings is 1. The molecule has 1 saturated carbocycles. The lowest BCUT2D eigenvalue weighted by Crippen LogP contribution is -2.51. The van der Waals surface area contributed by atoms with Crippen LogP contribution in [0.25, 0.3) is 5.78 Å². The number of fused-ring (bicyclic) bond motifs is 1. The van der Waals surface area contributed by atoms with Gasteiger partial charge >= 0.3 is 0 Å². The van der Waals surface area contributed by atoms with Crippen LogP contribution >= 0.6 is 0 Å². The Balaban J connectivity index is 1.38. The molecule has 0 bridgehead atoms. The topological polar surface area (TPSA) is 66.6 Å². The summed E-state index contributed by atoms with van der Waals surface area (Å²) in [5.74, 6) is 1.26. The molecule has 2 aromatic rings. The van der Waals surface area contributed by atoms with Crippen LogP contribution in [0.15, 0.2) is 6.07 Å². The highest BCUT2D eigenvalue weighted by molar-refractivity contribution is 5.78. The van der Waals surface area contributed by atoms with Crippen LogP contribution < -0.4 is 0 Å². The van der Waals surface area contributed by atoms with Crippen molar-refractivity contribution in [2.24, 2.45) is 0 Å². The van der Waals surface area contributed by atoms with Gasteiger partial charge in [0.2, 0.25) is 5.91 Å². The van der Waals surface area contributed by atoms with Crippen LogP contribution in [0, 0.1) is 13.8 Å². The Morgan fingerprint density at radius 1 is 1.12 bits per heavy atom. The van der Waals surface area contributed by atoms with Crippen LogP contribution in [0.1, 0.15) is 42.9 Å². The third-order valence-electron chi connectivity index (χ3n) is 5.48. The van der Waals surface area contributed by atoms with Crippen molar-refractivity contribution in [2.75, 3.05) is 26.2 Å². The second-order valence-corrected chi connectivity index (χ2v) is 7.31. The molecule has 25 heavy (non-hydrogen) atoms. The number of amides is 1. The summed E-state index contributed by atoms with van der Waals surface area (Å²) in [5, 5.41) is 4.45. The first-order chi connectivity index (χ1) is 12.1. The molecular formula is C18H26N6O. The van der Waals surface area contributed by atoms with Crippen LogP contribution in [0.4, 0.5) is 0 Å². The molecule has 2 aliphatic rings. The van der Waals surface area contributed by atoms with Crippen molar-refractivity contribution in [3.05, 3.63) is 23.3 Å². The number of rotatable bonds is 3. The molecule has 0 N–H and O–H groups in total. The number of nitrogens with zero attached hydrogens (tertiary/aromatic N) is 6. The Bertz CT molecular complexity index is 771. The molecular weight excluding hydrogens is 316 g/mol. The number of carbonyl (C=O) groups excluding carboxylic acids is 1. The average molecular weight is 342 g/mol. The largest absolute Gasteiger partial charge is 0.340 e. The van der Waals surface area contributed by atoms with Crippen molar-refractivity contribution < 1.29 is 4.79 Å². The number of carbonyl (C=O) groups is 1. The van der Waals surface area contributed by atoms with Gasteiger partial charge in [0.1, 0.15) is 0 Å². The summed E-state index contributed by atoms with van der Waals surface area (Å²) in [6, 6.07) is 2.71. The molecule has 3 heterocycles. The summed E-state index contributed by atoms with van der Waals surface area (Å²) in [6.07, 6.45) is 5.62. The molecule has 1 aliphatic heterocycles. The van der Waals surface area contributed by atoms with E-state index in [1.54, 1.807) is 4.52 Å². The van der Waals surface area contributed by atoms with Gasteiger partial charge in [-0.3, -0.25) is 9.69 Å². The fourth-order valence-corrected chi connectivity index (χ4v) is 4.14. The van der Waals surface area contributed by atoms with Gasteiger partial charge in [-0.05, 0) is 32.8 Å². The molecule has 2 aromatic heterocycles. The van der Waals surface area contributed by atoms with Crippen molar-refractivity contribution in [3.63, 3.8) is 0 Å². The first-order valence-electron chi connectivity index (χ1n) is 9.32. The first-order valence-corrected chi connectivity index (χ1v) is 9.32. The maximum absolute atomic E-state index is 12.6. The number of hydrogen-bond acceptors (Lipinski definition) is 5. The molecule has 0 atom stereocenters. The Morgan fingerprint density at radius 2 is 1.84 bits per heavy atom. The third kappa shape index (κ3) is 3.38. The molecule has 1 aliphatic carbocycles. The summed E-state index contributed by atoms with van der Waals surface area (Å²) in [7, 11) is 0. The van der Waals surface area contributed by atoms with E-state index >= 15 is 0 Å². The number of aryl methyl sites for hydroxylation is 2. The van der Waals surface area contributed by atoms with Gasteiger partial charge in [0.15, 0.2) is 5.82 Å². The second kappa shape index (κ2) is 6.71. The van der Waals surface area contributed by atoms with Crippen LogP contribution in [0.3, 0.4) is 0 Å². The van der Waals surface area contributed by atoms with Crippen LogP contribution in [-0.4, -0.2) is 67.5 Å². The van der Waals surface area contributed by atoms with E-state index in [9.17, 15) is 4.79 Å². The quantitative estimate of drug-likeness (QED) is 0.843.